The van der Waals surface area contributed by atoms with Crippen LogP contribution in [0.2, 0.25) is 0 Å². The van der Waals surface area contributed by atoms with E-state index in [1.165, 1.54) is 0 Å². The van der Waals surface area contributed by atoms with E-state index in [0.29, 0.717) is 11.1 Å². The molecule has 0 saturated heterocycles. The molecule has 0 fully saturated rings. The molecular formula is C5H11N4+. The summed E-state index contributed by atoms with van der Waals surface area (Å²) in [7, 11) is 3.87. The lowest BCUT2D eigenvalue weighted by molar-refractivity contribution is -0.796. The number of aliphatic imine (C=N–C) groups is 1. The van der Waals surface area contributed by atoms with E-state index < -0.39 is 0 Å². The summed E-state index contributed by atoms with van der Waals surface area (Å²) in [4.78, 5) is 3.98. The van der Waals surface area contributed by atoms with Gasteiger partial charge in [-0.15, -0.1) is 0 Å². The van der Waals surface area contributed by atoms with E-state index in [2.05, 4.69) is 10.1 Å². The van der Waals surface area contributed by atoms with Crippen molar-refractivity contribution in [1.29, 1.82) is 0 Å². The van der Waals surface area contributed by atoms with Crippen LogP contribution in [0.15, 0.2) is 10.1 Å². The highest BCUT2D eigenvalue weighted by Gasteiger charge is 2.18. The highest BCUT2D eigenvalue weighted by atomic mass is 15.6. The van der Waals surface area contributed by atoms with Crippen molar-refractivity contribution in [2.75, 3.05) is 20.6 Å². The lowest BCUT2D eigenvalue weighted by atomic mass is 10.6. The molecule has 0 atom stereocenters. The van der Waals surface area contributed by atoms with Gasteiger partial charge < -0.3 is 5.73 Å². The smallest absolute Gasteiger partial charge is 0.218 e. The molecule has 0 aromatic rings. The van der Waals surface area contributed by atoms with E-state index in [0.717, 1.165) is 5.84 Å². The molecule has 0 spiro atoms. The van der Waals surface area contributed by atoms with Gasteiger partial charge in [0.25, 0.3) is 0 Å². The number of hydrogen-bond donors (Lipinski definition) is 1. The van der Waals surface area contributed by atoms with Crippen LogP contribution in [0.4, 0.5) is 0 Å². The molecule has 50 valence electrons. The monoisotopic (exact) mass is 127 g/mol. The van der Waals surface area contributed by atoms with Crippen LogP contribution in [-0.2, 0) is 0 Å². The predicted molar refractivity (Wildman–Crippen MR) is 37.1 cm³/mol. The Balaban J connectivity index is 2.74. The van der Waals surface area contributed by atoms with Gasteiger partial charge in [-0.25, -0.2) is 0 Å². The first-order chi connectivity index (χ1) is 4.14. The van der Waals surface area contributed by atoms with Crippen LogP contribution in [-0.4, -0.2) is 37.4 Å². The lowest BCUT2D eigenvalue weighted by Crippen LogP contribution is -2.29. The highest BCUT2D eigenvalue weighted by Crippen LogP contribution is 2.01. The van der Waals surface area contributed by atoms with Gasteiger partial charge in [0.05, 0.1) is 20.6 Å². The lowest BCUT2D eigenvalue weighted by Gasteiger charge is -2.09. The zero-order valence-corrected chi connectivity index (χ0v) is 5.70. The van der Waals surface area contributed by atoms with Gasteiger partial charge in [0.1, 0.15) is 0 Å². The van der Waals surface area contributed by atoms with Crippen molar-refractivity contribution in [1.82, 2.24) is 0 Å². The average Bonchev–Trinajstić information content (AvgIpc) is 2.10. The topological polar surface area (TPSA) is 50.7 Å². The fourth-order valence-corrected chi connectivity index (χ4v) is 0.651. The maximum atomic E-state index is 5.30. The molecule has 4 nitrogen and oxygen atoms in total. The first kappa shape index (κ1) is 6.38. The van der Waals surface area contributed by atoms with Crippen LogP contribution in [0.3, 0.4) is 0 Å². The maximum absolute atomic E-state index is 5.30. The highest BCUT2D eigenvalue weighted by molar-refractivity contribution is 5.91. The molecule has 1 heterocycles. The van der Waals surface area contributed by atoms with Crippen molar-refractivity contribution in [3.8, 4) is 0 Å². The van der Waals surface area contributed by atoms with E-state index in [9.17, 15) is 0 Å². The van der Waals surface area contributed by atoms with E-state index >= 15 is 0 Å². The predicted octanol–water partition coefficient (Wildman–Crippen LogP) is -0.623. The summed E-state index contributed by atoms with van der Waals surface area (Å²) in [5.41, 5.74) is 5.30. The summed E-state index contributed by atoms with van der Waals surface area (Å²) in [5.74, 6) is 0.722. The molecule has 0 aromatic carbocycles. The molecular weight excluding hydrogens is 116 g/mol. The Morgan fingerprint density at radius 1 is 1.67 bits per heavy atom. The quantitative estimate of drug-likeness (QED) is 0.469. The van der Waals surface area contributed by atoms with Crippen molar-refractivity contribution >= 4 is 12.2 Å². The molecule has 0 amide bonds. The molecule has 2 N–H and O–H groups in total. The average molecular weight is 127 g/mol. The normalized spacial score (nSPS) is 22.3. The van der Waals surface area contributed by atoms with E-state index in [-0.39, 0.29) is 0 Å². The van der Waals surface area contributed by atoms with Crippen molar-refractivity contribution in [3.63, 3.8) is 0 Å². The largest absolute Gasteiger partial charge is 0.324 e. The van der Waals surface area contributed by atoms with Gasteiger partial charge in [0.2, 0.25) is 12.2 Å². The third-order valence-electron chi connectivity index (χ3n) is 1.05. The Morgan fingerprint density at radius 3 is 2.56 bits per heavy atom. The number of hydrogen-bond acceptors (Lipinski definition) is 3. The fraction of sp³-hybridized carbons (Fsp3) is 0.600. The molecule has 0 aliphatic carbocycles. The molecule has 0 radical (unpaired) electrons. The van der Waals surface area contributed by atoms with E-state index in [4.69, 9.17) is 5.73 Å². The summed E-state index contributed by atoms with van der Waals surface area (Å²) in [6.07, 6.45) is 1.75. The molecule has 4 heteroatoms. The second kappa shape index (κ2) is 1.89. The molecule has 0 bridgehead atoms. The van der Waals surface area contributed by atoms with Gasteiger partial charge in [0.15, 0.2) is 0 Å². The molecule has 1 rings (SSSR count). The molecule has 0 unspecified atom stereocenters. The fourth-order valence-electron chi connectivity index (χ4n) is 0.651. The number of nitrogens with two attached hydrogens (primary N) is 1. The van der Waals surface area contributed by atoms with Crippen molar-refractivity contribution in [2.24, 2.45) is 15.8 Å². The SMILES string of the molecule is C[N+]1(C)C=NC(CN)=N1. The molecule has 1 aliphatic rings. The van der Waals surface area contributed by atoms with Gasteiger partial charge in [-0.2, -0.15) is 9.58 Å². The Labute approximate surface area is 54.3 Å². The third kappa shape index (κ3) is 1.34. The first-order valence-electron chi connectivity index (χ1n) is 2.82. The van der Waals surface area contributed by atoms with Crippen molar-refractivity contribution in [3.05, 3.63) is 0 Å². The zero-order chi connectivity index (χ0) is 6.91. The van der Waals surface area contributed by atoms with Crippen molar-refractivity contribution < 1.29 is 4.59 Å². The molecule has 9 heavy (non-hydrogen) atoms. The van der Waals surface area contributed by atoms with Gasteiger partial charge in [0, 0.05) is 0 Å². The second-order valence-corrected chi connectivity index (χ2v) is 2.44. The van der Waals surface area contributed by atoms with Crippen LogP contribution in [0.5, 0.6) is 0 Å². The summed E-state index contributed by atoms with van der Waals surface area (Å²) in [5, 5.41) is 4.15. The van der Waals surface area contributed by atoms with Crippen LogP contribution in [0.1, 0.15) is 0 Å². The van der Waals surface area contributed by atoms with E-state index in [1.807, 2.05) is 14.1 Å². The van der Waals surface area contributed by atoms with Crippen LogP contribution >= 0.6 is 0 Å². The van der Waals surface area contributed by atoms with Gasteiger partial charge in [-0.1, -0.05) is 5.10 Å². The number of quaternary nitrogens is 1. The first-order valence-corrected chi connectivity index (χ1v) is 2.82. The number of nitrogens with zero attached hydrogens (tertiary/aromatic N) is 3. The summed E-state index contributed by atoms with van der Waals surface area (Å²) >= 11 is 0. The summed E-state index contributed by atoms with van der Waals surface area (Å²) in [6.45, 7) is 0.429. The van der Waals surface area contributed by atoms with Crippen molar-refractivity contribution in [2.45, 2.75) is 0 Å². The van der Waals surface area contributed by atoms with Gasteiger partial charge in [-0.05, 0) is 0 Å². The Hall–Kier alpha value is -0.740. The number of amidine groups is 1. The Morgan fingerprint density at radius 2 is 2.33 bits per heavy atom. The standard InChI is InChI=1S/C5H11N4/c1-9(2)4-7-5(3-6)8-9/h4H,3,6H2,1-2H3/q+1. The minimum Gasteiger partial charge on any atom is -0.324 e. The Bertz CT molecular complexity index is 168. The van der Waals surface area contributed by atoms with E-state index in [1.54, 1.807) is 6.34 Å². The number of rotatable bonds is 1. The van der Waals surface area contributed by atoms with Crippen LogP contribution in [0, 0.1) is 0 Å². The van der Waals surface area contributed by atoms with Gasteiger partial charge in [-0.3, -0.25) is 0 Å². The van der Waals surface area contributed by atoms with Crippen LogP contribution < -0.4 is 5.73 Å². The second-order valence-electron chi connectivity index (χ2n) is 2.44. The third-order valence-corrected chi connectivity index (χ3v) is 1.05. The van der Waals surface area contributed by atoms with Gasteiger partial charge >= 0.3 is 0 Å². The zero-order valence-electron chi connectivity index (χ0n) is 5.70. The minimum atomic E-state index is 0.429. The molecule has 0 aromatic heterocycles. The molecule has 1 aliphatic heterocycles. The minimum absolute atomic E-state index is 0.429. The molecule has 0 saturated carbocycles. The van der Waals surface area contributed by atoms with Crippen LogP contribution in [0.25, 0.3) is 0 Å². The summed E-state index contributed by atoms with van der Waals surface area (Å²) in [6, 6.07) is 0. The maximum Gasteiger partial charge on any atom is 0.218 e. The summed E-state index contributed by atoms with van der Waals surface area (Å²) < 4.78 is 0.465. The Kier molecular flexibility index (Phi) is 1.34.